The highest BCUT2D eigenvalue weighted by Crippen LogP contribution is 2.50. The quantitative estimate of drug-likeness (QED) is 0.424. The summed E-state index contributed by atoms with van der Waals surface area (Å²) in [6.45, 7) is 1.83. The maximum absolute atomic E-state index is 15.9. The molecule has 2 fully saturated rings. The Morgan fingerprint density at radius 2 is 1.87 bits per heavy atom. The van der Waals surface area contributed by atoms with Crippen molar-refractivity contribution in [3.05, 3.63) is 88.7 Å². The highest BCUT2D eigenvalue weighted by Gasteiger charge is 2.43. The van der Waals surface area contributed by atoms with Crippen molar-refractivity contribution in [2.75, 3.05) is 31.7 Å². The van der Waals surface area contributed by atoms with Crippen molar-refractivity contribution in [2.24, 2.45) is 5.92 Å². The first-order valence-corrected chi connectivity index (χ1v) is 13.6. The third-order valence-electron chi connectivity index (χ3n) is 8.90. The van der Waals surface area contributed by atoms with Crippen molar-refractivity contribution in [3.63, 3.8) is 0 Å². The average Bonchev–Trinajstić information content (AvgIpc) is 3.35. The van der Waals surface area contributed by atoms with Gasteiger partial charge in [-0.3, -0.25) is 0 Å². The molecular weight excluding hydrogens is 481 g/mol. The van der Waals surface area contributed by atoms with Crippen LogP contribution in [0.25, 0.3) is 0 Å². The third kappa shape index (κ3) is 4.45. The maximum Gasteiger partial charge on any atom is 0.147 e. The Labute approximate surface area is 223 Å². The molecule has 5 nitrogen and oxygen atoms in total. The number of anilines is 1. The van der Waals surface area contributed by atoms with Gasteiger partial charge >= 0.3 is 0 Å². The van der Waals surface area contributed by atoms with E-state index in [4.69, 9.17) is 9.47 Å². The van der Waals surface area contributed by atoms with Gasteiger partial charge in [0.15, 0.2) is 0 Å². The first-order chi connectivity index (χ1) is 18.5. The number of piperidine rings is 1. The number of phenolic OH excluding ortho intramolecular Hbond substituents is 1. The van der Waals surface area contributed by atoms with E-state index in [1.807, 2.05) is 36.4 Å². The van der Waals surface area contributed by atoms with E-state index >= 15 is 4.39 Å². The molecule has 0 amide bonds. The van der Waals surface area contributed by atoms with Crippen LogP contribution in [0.1, 0.15) is 59.8 Å². The van der Waals surface area contributed by atoms with Crippen LogP contribution >= 0.6 is 0 Å². The average molecular weight is 516 g/mol. The number of hydrogen-bond acceptors (Lipinski definition) is 5. The number of halogens is 1. The van der Waals surface area contributed by atoms with Crippen LogP contribution in [0, 0.1) is 11.7 Å². The minimum absolute atomic E-state index is 0.0319. The molecule has 3 aliphatic rings. The molecule has 2 saturated heterocycles. The van der Waals surface area contributed by atoms with Crippen molar-refractivity contribution < 1.29 is 23.8 Å². The van der Waals surface area contributed by atoms with Crippen LogP contribution in [0.5, 0.6) is 11.5 Å². The van der Waals surface area contributed by atoms with Crippen LogP contribution in [-0.4, -0.2) is 43.8 Å². The summed E-state index contributed by atoms with van der Waals surface area (Å²) >= 11 is 0. The molecule has 6 rings (SSSR count). The number of ether oxygens (including phenoxy) is 2. The molecule has 0 saturated carbocycles. The highest BCUT2D eigenvalue weighted by atomic mass is 19.1. The molecule has 2 aliphatic heterocycles. The van der Waals surface area contributed by atoms with Crippen LogP contribution in [0.15, 0.2) is 60.7 Å². The van der Waals surface area contributed by atoms with Crippen molar-refractivity contribution in [1.29, 1.82) is 0 Å². The Morgan fingerprint density at radius 1 is 1.08 bits per heavy atom. The fraction of sp³-hybridized carbons (Fsp3) is 0.406. The molecule has 38 heavy (non-hydrogen) atoms. The van der Waals surface area contributed by atoms with Gasteiger partial charge in [0, 0.05) is 36.6 Å². The van der Waals surface area contributed by atoms with Gasteiger partial charge in [-0.1, -0.05) is 36.4 Å². The topological polar surface area (TPSA) is 59.0 Å². The second-order valence-electron chi connectivity index (χ2n) is 11.0. The first-order valence-electron chi connectivity index (χ1n) is 13.6. The number of fused-ring (bicyclic) bond motifs is 1. The number of aromatic hydroxyl groups is 1. The fourth-order valence-corrected chi connectivity index (χ4v) is 6.94. The lowest BCUT2D eigenvalue weighted by Crippen LogP contribution is -2.44. The monoisotopic (exact) mass is 515 g/mol. The standard InChI is InChI=1S/C32H34FNO4/c1-37-30-17-29(34-13-11-32(12-14-34)18-21(19-35)20-38-32)28(33)16-27(30)31-25(22-5-3-2-4-6-22)9-7-23-15-24(36)8-10-26(23)31/h2-6,8,10,15-17,19,21,25,31,36H,7,9,11-14,18,20H2,1H3/t21-,25-,31+/m1/s1. The lowest BCUT2D eigenvalue weighted by Gasteiger charge is -2.40. The molecule has 2 heterocycles. The lowest BCUT2D eigenvalue weighted by atomic mass is 9.69. The fourth-order valence-electron chi connectivity index (χ4n) is 6.94. The smallest absolute Gasteiger partial charge is 0.147 e. The van der Waals surface area contributed by atoms with E-state index < -0.39 is 0 Å². The zero-order valence-corrected chi connectivity index (χ0v) is 21.7. The molecule has 3 aromatic rings. The van der Waals surface area contributed by atoms with Crippen molar-refractivity contribution >= 4 is 12.0 Å². The second-order valence-corrected chi connectivity index (χ2v) is 11.0. The van der Waals surface area contributed by atoms with Crippen LogP contribution in [-0.2, 0) is 16.0 Å². The largest absolute Gasteiger partial charge is 0.508 e. The lowest BCUT2D eigenvalue weighted by molar-refractivity contribution is -0.111. The molecule has 1 spiro atoms. The molecule has 3 aromatic carbocycles. The van der Waals surface area contributed by atoms with Gasteiger partial charge in [0.25, 0.3) is 0 Å². The molecule has 0 unspecified atom stereocenters. The van der Waals surface area contributed by atoms with Gasteiger partial charge in [-0.05, 0) is 72.9 Å². The van der Waals surface area contributed by atoms with Gasteiger partial charge < -0.3 is 24.3 Å². The van der Waals surface area contributed by atoms with Crippen molar-refractivity contribution in [2.45, 2.75) is 49.5 Å². The number of hydrogen-bond donors (Lipinski definition) is 1. The minimum Gasteiger partial charge on any atom is -0.508 e. The number of rotatable bonds is 5. The summed E-state index contributed by atoms with van der Waals surface area (Å²) in [5.74, 6) is 0.696. The number of benzene rings is 3. The van der Waals surface area contributed by atoms with E-state index in [9.17, 15) is 9.90 Å². The molecule has 1 aliphatic carbocycles. The summed E-state index contributed by atoms with van der Waals surface area (Å²) in [5, 5.41) is 10.1. The second kappa shape index (κ2) is 10.1. The SMILES string of the molecule is COc1cc(N2CCC3(CC2)C[C@H](C=O)CO3)c(F)cc1[C@@H]1c2ccc(O)cc2CC[C@@H]1c1ccccc1. The summed E-state index contributed by atoms with van der Waals surface area (Å²) in [4.78, 5) is 13.3. The molecule has 0 aromatic heterocycles. The van der Waals surface area contributed by atoms with Gasteiger partial charge in [-0.25, -0.2) is 4.39 Å². The Morgan fingerprint density at radius 3 is 2.58 bits per heavy atom. The van der Waals surface area contributed by atoms with Gasteiger partial charge in [-0.2, -0.15) is 0 Å². The van der Waals surface area contributed by atoms with E-state index in [2.05, 4.69) is 17.0 Å². The zero-order chi connectivity index (χ0) is 26.3. The van der Waals surface area contributed by atoms with Crippen molar-refractivity contribution in [3.8, 4) is 11.5 Å². The molecule has 198 valence electrons. The van der Waals surface area contributed by atoms with Gasteiger partial charge in [0.2, 0.25) is 0 Å². The molecule has 1 N–H and O–H groups in total. The minimum atomic E-state index is -0.261. The van der Waals surface area contributed by atoms with Crippen LogP contribution < -0.4 is 9.64 Å². The number of nitrogens with zero attached hydrogens (tertiary/aromatic N) is 1. The first kappa shape index (κ1) is 24.9. The predicted molar refractivity (Wildman–Crippen MR) is 145 cm³/mol. The molecular formula is C32H34FNO4. The summed E-state index contributed by atoms with van der Waals surface area (Å²) in [7, 11) is 1.65. The number of carbonyl (C=O) groups excluding carboxylic acids is 1. The summed E-state index contributed by atoms with van der Waals surface area (Å²) in [6, 6.07) is 19.5. The zero-order valence-electron chi connectivity index (χ0n) is 21.7. The summed E-state index contributed by atoms with van der Waals surface area (Å²) < 4.78 is 27.9. The number of aldehydes is 1. The number of carbonyl (C=O) groups is 1. The molecule has 3 atom stereocenters. The van der Waals surface area contributed by atoms with E-state index in [-0.39, 0.29) is 34.9 Å². The maximum atomic E-state index is 15.9. The summed E-state index contributed by atoms with van der Waals surface area (Å²) in [5.41, 5.74) is 4.54. The third-order valence-corrected chi connectivity index (χ3v) is 8.90. The molecule has 6 heteroatoms. The molecule has 0 radical (unpaired) electrons. The van der Waals surface area contributed by atoms with E-state index in [0.717, 1.165) is 55.1 Å². The van der Waals surface area contributed by atoms with E-state index in [1.54, 1.807) is 19.2 Å². The number of methoxy groups -OCH3 is 1. The number of aryl methyl sites for hydroxylation is 1. The van der Waals surface area contributed by atoms with Crippen molar-refractivity contribution in [1.82, 2.24) is 0 Å². The summed E-state index contributed by atoms with van der Waals surface area (Å²) in [6.07, 6.45) is 5.05. The Kier molecular flexibility index (Phi) is 6.60. The predicted octanol–water partition coefficient (Wildman–Crippen LogP) is 5.98. The van der Waals surface area contributed by atoms with E-state index in [0.29, 0.717) is 31.1 Å². The molecule has 0 bridgehead atoms. The van der Waals surface area contributed by atoms with E-state index in [1.165, 1.54) is 5.56 Å². The van der Waals surface area contributed by atoms with Crippen LogP contribution in [0.4, 0.5) is 10.1 Å². The van der Waals surface area contributed by atoms with Gasteiger partial charge in [-0.15, -0.1) is 0 Å². The van der Waals surface area contributed by atoms with Gasteiger partial charge in [0.05, 0.1) is 25.0 Å². The Balaban J connectivity index is 1.35. The Bertz CT molecular complexity index is 1320. The normalized spacial score (nSPS) is 24.3. The van der Waals surface area contributed by atoms with Crippen LogP contribution in [0.3, 0.4) is 0 Å². The van der Waals surface area contributed by atoms with Gasteiger partial charge in [0.1, 0.15) is 23.6 Å². The highest BCUT2D eigenvalue weighted by molar-refractivity contribution is 5.60. The van der Waals surface area contributed by atoms with Crippen LogP contribution in [0.2, 0.25) is 0 Å². The Hall–Kier alpha value is -3.38. The number of phenols is 1.